The highest BCUT2D eigenvalue weighted by molar-refractivity contribution is 7.22. The number of rotatable bonds is 4. The Hall–Kier alpha value is -3.71. The highest BCUT2D eigenvalue weighted by atomic mass is 32.1. The monoisotopic (exact) mass is 429 g/mol. The number of nitrogens with one attached hydrogen (secondary N) is 2. The van der Waals surface area contributed by atoms with Crippen molar-refractivity contribution in [3.05, 3.63) is 71.2 Å². The summed E-state index contributed by atoms with van der Waals surface area (Å²) >= 11 is 1.60. The molecule has 2 heterocycles. The average molecular weight is 430 g/mol. The predicted octanol–water partition coefficient (Wildman–Crippen LogP) is 5.51. The van der Waals surface area contributed by atoms with E-state index in [9.17, 15) is 9.59 Å². The van der Waals surface area contributed by atoms with Gasteiger partial charge in [0.1, 0.15) is 12.0 Å². The molecule has 2 aromatic heterocycles. The molecule has 6 nitrogen and oxygen atoms in total. The van der Waals surface area contributed by atoms with Crippen LogP contribution in [0.2, 0.25) is 0 Å². The molecule has 0 saturated heterocycles. The number of amides is 1. The number of furan rings is 1. The Labute approximate surface area is 182 Å². The van der Waals surface area contributed by atoms with E-state index in [0.717, 1.165) is 26.9 Å². The lowest BCUT2D eigenvalue weighted by Crippen LogP contribution is -2.18. The van der Waals surface area contributed by atoms with Crippen LogP contribution in [0.15, 0.2) is 53.1 Å². The first-order valence-electron chi connectivity index (χ1n) is 9.93. The molecular formula is C24H19N3O3S. The summed E-state index contributed by atoms with van der Waals surface area (Å²) in [6.45, 7) is 0. The van der Waals surface area contributed by atoms with Crippen molar-refractivity contribution < 1.29 is 14.0 Å². The van der Waals surface area contributed by atoms with Crippen LogP contribution < -0.4 is 11.1 Å². The molecule has 4 aromatic rings. The fraction of sp³-hybridized carbons (Fsp3) is 0.125. The standard InChI is InChI=1S/C24H19N3O3S/c25-11-14-8-15(27-24(29)17-12-30-19-6-3-5-18(28)22(17)19)10-16(23(14)26)21-9-13-4-1-2-7-20(13)31-21/h1-2,4,7-12,25H,3,5-6,26H2,(H,27,29). The summed E-state index contributed by atoms with van der Waals surface area (Å²) in [6, 6.07) is 13.6. The third kappa shape index (κ3) is 3.33. The number of nitrogens with two attached hydrogens (primary N) is 1. The van der Waals surface area contributed by atoms with Gasteiger partial charge in [0.25, 0.3) is 5.91 Å². The van der Waals surface area contributed by atoms with Crippen LogP contribution in [0.5, 0.6) is 0 Å². The maximum atomic E-state index is 13.0. The summed E-state index contributed by atoms with van der Waals surface area (Å²) in [5.74, 6) is 0.0942. The molecule has 4 N–H and O–H groups in total. The SMILES string of the molecule is N=Cc1cc(NC(=O)c2coc3c2C(=O)CCC3)cc(-c2cc3ccccc3s2)c1N. The van der Waals surface area contributed by atoms with Gasteiger partial charge in [0.05, 0.1) is 11.1 Å². The Bertz CT molecular complexity index is 1330. The molecule has 1 aliphatic rings. The molecule has 7 heteroatoms. The molecule has 0 radical (unpaired) electrons. The molecule has 0 saturated carbocycles. The lowest BCUT2D eigenvalue weighted by molar-refractivity contribution is 0.0955. The number of thiophene rings is 1. The van der Waals surface area contributed by atoms with Crippen LogP contribution in [0.4, 0.5) is 11.4 Å². The van der Waals surface area contributed by atoms with Gasteiger partial charge in [-0.3, -0.25) is 9.59 Å². The van der Waals surface area contributed by atoms with Crippen LogP contribution >= 0.6 is 11.3 Å². The minimum atomic E-state index is -0.414. The number of hydrogen-bond donors (Lipinski definition) is 3. The van der Waals surface area contributed by atoms with E-state index in [-0.39, 0.29) is 11.3 Å². The normalized spacial score (nSPS) is 13.2. The van der Waals surface area contributed by atoms with Gasteiger partial charge in [0.15, 0.2) is 5.78 Å². The van der Waals surface area contributed by atoms with E-state index in [0.29, 0.717) is 41.1 Å². The zero-order chi connectivity index (χ0) is 21.5. The van der Waals surface area contributed by atoms with E-state index >= 15 is 0 Å². The van der Waals surface area contributed by atoms with Gasteiger partial charge in [0, 0.05) is 51.1 Å². The van der Waals surface area contributed by atoms with E-state index in [2.05, 4.69) is 11.4 Å². The van der Waals surface area contributed by atoms with Crippen molar-refractivity contribution in [1.82, 2.24) is 0 Å². The molecule has 0 unspecified atom stereocenters. The summed E-state index contributed by atoms with van der Waals surface area (Å²) in [6.07, 6.45) is 4.34. The van der Waals surface area contributed by atoms with Crippen molar-refractivity contribution in [3.63, 3.8) is 0 Å². The maximum Gasteiger partial charge on any atom is 0.259 e. The number of anilines is 2. The molecule has 0 fully saturated rings. The molecule has 0 aliphatic heterocycles. The molecule has 1 aliphatic carbocycles. The first-order chi connectivity index (χ1) is 15.0. The van der Waals surface area contributed by atoms with Gasteiger partial charge in [-0.05, 0) is 36.1 Å². The fourth-order valence-corrected chi connectivity index (χ4v) is 5.07. The number of ketones is 1. The molecule has 0 atom stereocenters. The maximum absolute atomic E-state index is 13.0. The molecular weight excluding hydrogens is 410 g/mol. The van der Waals surface area contributed by atoms with Crippen LogP contribution in [0.3, 0.4) is 0 Å². The fourth-order valence-electron chi connectivity index (χ4n) is 3.97. The van der Waals surface area contributed by atoms with Gasteiger partial charge < -0.3 is 20.9 Å². The number of carbonyl (C=O) groups excluding carboxylic acids is 2. The van der Waals surface area contributed by atoms with Crippen LogP contribution in [-0.4, -0.2) is 17.9 Å². The van der Waals surface area contributed by atoms with Crippen molar-refractivity contribution in [3.8, 4) is 10.4 Å². The summed E-state index contributed by atoms with van der Waals surface area (Å²) in [4.78, 5) is 26.2. The summed E-state index contributed by atoms with van der Waals surface area (Å²) < 4.78 is 6.60. The number of fused-ring (bicyclic) bond motifs is 2. The number of nitrogen functional groups attached to an aromatic ring is 1. The Morgan fingerprint density at radius 3 is 2.84 bits per heavy atom. The smallest absolute Gasteiger partial charge is 0.259 e. The molecule has 0 bridgehead atoms. The van der Waals surface area contributed by atoms with Gasteiger partial charge in [-0.25, -0.2) is 0 Å². The largest absolute Gasteiger partial charge is 0.468 e. The van der Waals surface area contributed by atoms with Gasteiger partial charge in [0.2, 0.25) is 0 Å². The summed E-state index contributed by atoms with van der Waals surface area (Å²) in [5, 5.41) is 11.7. The molecule has 2 aromatic carbocycles. The topological polar surface area (TPSA) is 109 Å². The third-order valence-corrected chi connectivity index (χ3v) is 6.66. The molecule has 5 rings (SSSR count). The van der Waals surface area contributed by atoms with Crippen LogP contribution in [-0.2, 0) is 6.42 Å². The van der Waals surface area contributed by atoms with E-state index in [4.69, 9.17) is 15.6 Å². The summed E-state index contributed by atoms with van der Waals surface area (Å²) in [7, 11) is 0. The van der Waals surface area contributed by atoms with Crippen LogP contribution in [0.1, 0.15) is 44.9 Å². The number of aryl methyl sites for hydroxylation is 1. The van der Waals surface area contributed by atoms with Gasteiger partial charge in [-0.1, -0.05) is 18.2 Å². The van der Waals surface area contributed by atoms with Crippen molar-refractivity contribution >= 4 is 50.7 Å². The van der Waals surface area contributed by atoms with Crippen molar-refractivity contribution in [2.45, 2.75) is 19.3 Å². The first-order valence-corrected chi connectivity index (χ1v) is 10.7. The first kappa shape index (κ1) is 19.3. The second kappa shape index (κ2) is 7.52. The van der Waals surface area contributed by atoms with Gasteiger partial charge in [-0.2, -0.15) is 0 Å². The highest BCUT2D eigenvalue weighted by Crippen LogP contribution is 2.39. The Morgan fingerprint density at radius 1 is 1.19 bits per heavy atom. The minimum Gasteiger partial charge on any atom is -0.468 e. The zero-order valence-corrected chi connectivity index (χ0v) is 17.3. The number of Topliss-reactive ketones (excluding diaryl/α,β-unsaturated/α-hetero) is 1. The second-order valence-corrected chi connectivity index (χ2v) is 8.58. The molecule has 154 valence electrons. The molecule has 31 heavy (non-hydrogen) atoms. The van der Waals surface area contributed by atoms with Crippen molar-refractivity contribution in [2.75, 3.05) is 11.1 Å². The minimum absolute atomic E-state index is 0.0661. The predicted molar refractivity (Wildman–Crippen MR) is 123 cm³/mol. The summed E-state index contributed by atoms with van der Waals surface area (Å²) in [5.41, 5.74) is 9.21. The van der Waals surface area contributed by atoms with Gasteiger partial charge in [-0.15, -0.1) is 11.3 Å². The molecule has 0 spiro atoms. The van der Waals surface area contributed by atoms with Crippen molar-refractivity contribution in [1.29, 1.82) is 5.41 Å². The van der Waals surface area contributed by atoms with E-state index in [1.54, 1.807) is 23.5 Å². The number of carbonyl (C=O) groups is 2. The number of benzene rings is 2. The quantitative estimate of drug-likeness (QED) is 0.293. The van der Waals surface area contributed by atoms with Crippen LogP contribution in [0, 0.1) is 5.41 Å². The van der Waals surface area contributed by atoms with Crippen LogP contribution in [0.25, 0.3) is 20.5 Å². The zero-order valence-electron chi connectivity index (χ0n) is 16.5. The third-order valence-electron chi connectivity index (χ3n) is 5.51. The Balaban J connectivity index is 1.54. The molecule has 1 amide bonds. The van der Waals surface area contributed by atoms with E-state index in [1.165, 1.54) is 12.5 Å². The Kier molecular flexibility index (Phi) is 4.67. The lowest BCUT2D eigenvalue weighted by atomic mass is 9.94. The highest BCUT2D eigenvalue weighted by Gasteiger charge is 2.28. The number of hydrogen-bond acceptors (Lipinski definition) is 6. The van der Waals surface area contributed by atoms with Crippen molar-refractivity contribution in [2.24, 2.45) is 0 Å². The lowest BCUT2D eigenvalue weighted by Gasteiger charge is -2.13. The van der Waals surface area contributed by atoms with E-state index < -0.39 is 5.91 Å². The van der Waals surface area contributed by atoms with E-state index in [1.807, 2.05) is 24.3 Å². The second-order valence-electron chi connectivity index (χ2n) is 7.50. The average Bonchev–Trinajstić information content (AvgIpc) is 3.39. The van der Waals surface area contributed by atoms with Gasteiger partial charge >= 0.3 is 0 Å². The Morgan fingerprint density at radius 2 is 2.03 bits per heavy atom.